The highest BCUT2D eigenvalue weighted by molar-refractivity contribution is 6.23. The van der Waals surface area contributed by atoms with Crippen molar-refractivity contribution in [3.8, 4) is 12.0 Å². The number of hydrogen-bond acceptors (Lipinski definition) is 5. The van der Waals surface area contributed by atoms with Gasteiger partial charge in [0.15, 0.2) is 5.54 Å². The largest absolute Gasteiger partial charge is 0.417 e. The van der Waals surface area contributed by atoms with E-state index >= 15 is 0 Å². The number of aliphatic imine (C=N–C) groups is 1. The fraction of sp³-hybridized carbons (Fsp3) is 0.227. The van der Waals surface area contributed by atoms with Crippen LogP contribution in [-0.2, 0) is 16.5 Å². The molecule has 1 unspecified atom stereocenters. The number of nitrogens with two attached hydrogens (primary N) is 1. The van der Waals surface area contributed by atoms with E-state index in [0.717, 1.165) is 17.2 Å². The van der Waals surface area contributed by atoms with Crippen LogP contribution in [0.5, 0.6) is 0 Å². The maximum Gasteiger partial charge on any atom is 0.417 e. The van der Waals surface area contributed by atoms with Gasteiger partial charge in [0, 0.05) is 24.9 Å². The highest BCUT2D eigenvalue weighted by atomic mass is 19.4. The predicted octanol–water partition coefficient (Wildman–Crippen LogP) is 2.33. The molecule has 10 heteroatoms. The number of rotatable bonds is 5. The van der Waals surface area contributed by atoms with Gasteiger partial charge in [-0.05, 0) is 17.7 Å². The Morgan fingerprint density at radius 1 is 1.19 bits per heavy atom. The molecule has 0 spiro atoms. The summed E-state index contributed by atoms with van der Waals surface area (Å²) in [5.74, 6) is 1.58. The van der Waals surface area contributed by atoms with Crippen molar-refractivity contribution in [3.63, 3.8) is 0 Å². The number of nitrogens with zero attached hydrogens (tertiary/aromatic N) is 3. The van der Waals surface area contributed by atoms with Crippen molar-refractivity contribution in [2.24, 2.45) is 10.7 Å². The third-order valence-electron chi connectivity index (χ3n) is 5.13. The van der Waals surface area contributed by atoms with Crippen LogP contribution in [0.4, 0.5) is 23.7 Å². The lowest BCUT2D eigenvalue weighted by molar-refractivity contribution is -0.137. The number of benzene rings is 2. The number of imide groups is 1. The lowest BCUT2D eigenvalue weighted by Gasteiger charge is -2.32. The summed E-state index contributed by atoms with van der Waals surface area (Å²) in [6.07, 6.45) is -3.72. The zero-order valence-corrected chi connectivity index (χ0v) is 16.9. The molecule has 0 saturated carbocycles. The van der Waals surface area contributed by atoms with Crippen molar-refractivity contribution in [2.45, 2.75) is 11.7 Å². The molecule has 1 aliphatic rings. The van der Waals surface area contributed by atoms with Gasteiger partial charge >= 0.3 is 12.2 Å². The molecule has 2 aromatic carbocycles. The Kier molecular flexibility index (Phi) is 6.23. The molecule has 0 bridgehead atoms. The average molecular weight is 444 g/mol. The third kappa shape index (κ3) is 3.67. The highest BCUT2D eigenvalue weighted by Crippen LogP contribution is 2.41. The van der Waals surface area contributed by atoms with Gasteiger partial charge in [0.1, 0.15) is 0 Å². The number of carbonyl (C=O) groups excluding carboxylic acids is 2. The van der Waals surface area contributed by atoms with Crippen molar-refractivity contribution in [2.75, 3.05) is 25.1 Å². The van der Waals surface area contributed by atoms with Crippen LogP contribution < -0.4 is 10.6 Å². The van der Waals surface area contributed by atoms with Crippen molar-refractivity contribution in [3.05, 3.63) is 65.2 Å². The van der Waals surface area contributed by atoms with Gasteiger partial charge in [0.2, 0.25) is 0 Å². The SMILES string of the molecule is CN=Cc1ccc(N2C(=O)N(CC#CN)C(CO)(c3ccccc3)C2=O)cc1C(F)(F)F. The van der Waals surface area contributed by atoms with E-state index in [9.17, 15) is 27.9 Å². The second-order valence-electron chi connectivity index (χ2n) is 6.87. The van der Waals surface area contributed by atoms with Crippen molar-refractivity contribution >= 4 is 23.8 Å². The van der Waals surface area contributed by atoms with Gasteiger partial charge < -0.3 is 10.8 Å². The number of alkyl halides is 3. The van der Waals surface area contributed by atoms with Crippen LogP contribution in [0.15, 0.2) is 53.5 Å². The minimum Gasteiger partial charge on any atom is -0.393 e. The Labute approximate surface area is 182 Å². The second kappa shape index (κ2) is 8.72. The van der Waals surface area contributed by atoms with E-state index in [2.05, 4.69) is 17.0 Å². The van der Waals surface area contributed by atoms with E-state index in [4.69, 9.17) is 5.73 Å². The summed E-state index contributed by atoms with van der Waals surface area (Å²) < 4.78 is 40.9. The smallest absolute Gasteiger partial charge is 0.393 e. The van der Waals surface area contributed by atoms with Gasteiger partial charge in [-0.1, -0.05) is 42.3 Å². The quantitative estimate of drug-likeness (QED) is 0.320. The van der Waals surface area contributed by atoms with Crippen LogP contribution in [0.3, 0.4) is 0 Å². The van der Waals surface area contributed by atoms with Gasteiger partial charge in [-0.3, -0.25) is 14.7 Å². The predicted molar refractivity (Wildman–Crippen MR) is 112 cm³/mol. The molecular formula is C22H19F3N4O3. The first kappa shape index (κ1) is 22.8. The molecule has 0 radical (unpaired) electrons. The van der Waals surface area contributed by atoms with Crippen LogP contribution in [0.25, 0.3) is 0 Å². The molecule has 1 heterocycles. The first-order valence-electron chi connectivity index (χ1n) is 9.36. The Balaban J connectivity index is 2.21. The van der Waals surface area contributed by atoms with E-state index in [1.165, 1.54) is 25.2 Å². The third-order valence-corrected chi connectivity index (χ3v) is 5.13. The van der Waals surface area contributed by atoms with Crippen LogP contribution in [0.1, 0.15) is 16.7 Å². The topological polar surface area (TPSA) is 99.2 Å². The number of urea groups is 1. The minimum atomic E-state index is -4.75. The van der Waals surface area contributed by atoms with Crippen molar-refractivity contribution in [1.29, 1.82) is 0 Å². The van der Waals surface area contributed by atoms with Crippen molar-refractivity contribution < 1.29 is 27.9 Å². The lowest BCUT2D eigenvalue weighted by Crippen LogP contribution is -2.50. The summed E-state index contributed by atoms with van der Waals surface area (Å²) in [7, 11) is 1.33. The van der Waals surface area contributed by atoms with Crippen LogP contribution in [0, 0.1) is 12.0 Å². The van der Waals surface area contributed by atoms with Gasteiger partial charge in [0.25, 0.3) is 5.91 Å². The summed E-state index contributed by atoms with van der Waals surface area (Å²) in [6.45, 7) is -1.13. The van der Waals surface area contributed by atoms with E-state index in [-0.39, 0.29) is 23.4 Å². The van der Waals surface area contributed by atoms with E-state index in [1.807, 2.05) is 0 Å². The summed E-state index contributed by atoms with van der Waals surface area (Å²) in [5, 5.41) is 10.3. The molecule has 2 aromatic rings. The Hall–Kier alpha value is -3.84. The number of aliphatic hydroxyl groups is 1. The molecule has 3 rings (SSSR count). The molecular weight excluding hydrogens is 425 g/mol. The molecule has 3 N–H and O–H groups in total. The second-order valence-corrected chi connectivity index (χ2v) is 6.87. The van der Waals surface area contributed by atoms with Crippen molar-refractivity contribution in [1.82, 2.24) is 4.90 Å². The summed E-state index contributed by atoms with van der Waals surface area (Å²) in [5.41, 5.74) is 2.06. The molecule has 0 aromatic heterocycles. The number of hydrogen-bond donors (Lipinski definition) is 2. The molecule has 1 aliphatic heterocycles. The molecule has 166 valence electrons. The summed E-state index contributed by atoms with van der Waals surface area (Å²) >= 11 is 0. The Morgan fingerprint density at radius 3 is 2.44 bits per heavy atom. The number of anilines is 1. The molecule has 1 fully saturated rings. The van der Waals surface area contributed by atoms with Gasteiger partial charge in [-0.25, -0.2) is 9.69 Å². The molecule has 0 aliphatic carbocycles. The summed E-state index contributed by atoms with van der Waals surface area (Å²) in [6, 6.07) is 12.2. The van der Waals surface area contributed by atoms with E-state index in [1.54, 1.807) is 18.2 Å². The molecule has 32 heavy (non-hydrogen) atoms. The average Bonchev–Trinajstić information content (AvgIpc) is 2.99. The number of carbonyl (C=O) groups is 2. The molecule has 1 atom stereocenters. The zero-order chi connectivity index (χ0) is 23.5. The maximum absolute atomic E-state index is 13.6. The van der Waals surface area contributed by atoms with Crippen LogP contribution in [0.2, 0.25) is 0 Å². The fourth-order valence-electron chi connectivity index (χ4n) is 3.64. The van der Waals surface area contributed by atoms with E-state index < -0.39 is 35.8 Å². The molecule has 1 saturated heterocycles. The zero-order valence-electron chi connectivity index (χ0n) is 16.9. The van der Waals surface area contributed by atoms with Gasteiger partial charge in [-0.2, -0.15) is 13.2 Å². The number of amides is 3. The Morgan fingerprint density at radius 2 is 1.88 bits per heavy atom. The lowest BCUT2D eigenvalue weighted by atomic mass is 9.89. The van der Waals surface area contributed by atoms with E-state index in [0.29, 0.717) is 11.0 Å². The first-order valence-corrected chi connectivity index (χ1v) is 9.36. The van der Waals surface area contributed by atoms with Gasteiger partial charge in [0.05, 0.1) is 24.4 Å². The fourth-order valence-corrected chi connectivity index (χ4v) is 3.64. The normalized spacial score (nSPS) is 18.9. The first-order chi connectivity index (χ1) is 15.2. The van der Waals surface area contributed by atoms with Gasteiger partial charge in [-0.15, -0.1) is 0 Å². The highest BCUT2D eigenvalue weighted by Gasteiger charge is 2.58. The minimum absolute atomic E-state index is 0.217. The number of halogens is 3. The van der Waals surface area contributed by atoms with Crippen LogP contribution in [-0.4, -0.2) is 48.4 Å². The number of aliphatic hydroxyl groups excluding tert-OH is 1. The summed E-state index contributed by atoms with van der Waals surface area (Å²) in [4.78, 5) is 32.0. The maximum atomic E-state index is 13.6. The van der Waals surface area contributed by atoms with Crippen LogP contribution >= 0.6 is 0 Å². The Bertz CT molecular complexity index is 1120. The standard InChI is InChI=1S/C22H19F3N4O3/c1-27-13-15-8-9-17(12-18(15)22(23,24)25)29-19(31)21(14-30,16-6-3-2-4-7-16)28(20(29)32)11-5-10-26/h2-4,6-9,12-13,30H,11,14,26H2,1H3. The molecule has 3 amide bonds. The monoisotopic (exact) mass is 444 g/mol. The molecule has 7 nitrogen and oxygen atoms in total.